The number of aliphatic imine (C=N–C) groups is 1. The third-order valence-electron chi connectivity index (χ3n) is 5.59. The van der Waals surface area contributed by atoms with E-state index in [9.17, 15) is 0 Å². The van der Waals surface area contributed by atoms with Gasteiger partial charge in [-0.2, -0.15) is 11.8 Å². The van der Waals surface area contributed by atoms with Crippen LogP contribution in [-0.2, 0) is 4.74 Å². The Labute approximate surface area is 172 Å². The van der Waals surface area contributed by atoms with Crippen LogP contribution in [0, 0.1) is 0 Å². The van der Waals surface area contributed by atoms with Crippen molar-refractivity contribution in [3.63, 3.8) is 0 Å². The second kappa shape index (κ2) is 9.89. The number of piperidine rings is 1. The molecule has 27 heavy (non-hydrogen) atoms. The van der Waals surface area contributed by atoms with Crippen molar-refractivity contribution in [3.05, 3.63) is 29.3 Å². The Morgan fingerprint density at radius 2 is 2.15 bits per heavy atom. The number of anilines is 1. The summed E-state index contributed by atoms with van der Waals surface area (Å²) in [6, 6.07) is 8.46. The number of ether oxygens (including phenoxy) is 1. The second-order valence-electron chi connectivity index (χ2n) is 7.31. The van der Waals surface area contributed by atoms with E-state index < -0.39 is 0 Å². The summed E-state index contributed by atoms with van der Waals surface area (Å²) in [5.41, 5.74) is 1.12. The predicted molar refractivity (Wildman–Crippen MR) is 117 cm³/mol. The number of hydrogen-bond donors (Lipinski definition) is 2. The van der Waals surface area contributed by atoms with Gasteiger partial charge in [-0.25, -0.2) is 0 Å². The van der Waals surface area contributed by atoms with Gasteiger partial charge in [0, 0.05) is 50.7 Å². The molecule has 1 unspecified atom stereocenters. The lowest BCUT2D eigenvalue weighted by molar-refractivity contribution is 0.0782. The number of benzene rings is 1. The van der Waals surface area contributed by atoms with Crippen LogP contribution >= 0.6 is 23.4 Å². The maximum Gasteiger partial charge on any atom is 0.191 e. The molecule has 0 aliphatic carbocycles. The highest BCUT2D eigenvalue weighted by Crippen LogP contribution is 2.33. The predicted octanol–water partition coefficient (Wildman–Crippen LogP) is 3.39. The number of hydrogen-bond acceptors (Lipinski definition) is 4. The molecule has 1 aromatic carbocycles. The van der Waals surface area contributed by atoms with E-state index in [1.54, 1.807) is 0 Å². The van der Waals surface area contributed by atoms with Gasteiger partial charge in [0.15, 0.2) is 5.96 Å². The van der Waals surface area contributed by atoms with Crippen LogP contribution in [-0.4, -0.2) is 62.9 Å². The number of guanidine groups is 1. The summed E-state index contributed by atoms with van der Waals surface area (Å²) in [7, 11) is 1.85. The van der Waals surface area contributed by atoms with Gasteiger partial charge in [0.25, 0.3) is 0 Å². The first kappa shape index (κ1) is 20.6. The molecule has 0 spiro atoms. The van der Waals surface area contributed by atoms with Crippen molar-refractivity contribution in [3.8, 4) is 0 Å². The van der Waals surface area contributed by atoms with Gasteiger partial charge in [0.05, 0.1) is 10.7 Å². The van der Waals surface area contributed by atoms with Gasteiger partial charge >= 0.3 is 0 Å². The summed E-state index contributed by atoms with van der Waals surface area (Å²) in [5, 5.41) is 8.00. The van der Waals surface area contributed by atoms with Crippen LogP contribution in [0.1, 0.15) is 25.7 Å². The van der Waals surface area contributed by atoms with Crippen LogP contribution in [0.2, 0.25) is 5.02 Å². The Kier molecular flexibility index (Phi) is 7.56. The van der Waals surface area contributed by atoms with Crippen molar-refractivity contribution in [2.75, 3.05) is 51.1 Å². The normalized spacial score (nSPS) is 23.1. The minimum atomic E-state index is 0.242. The zero-order valence-corrected chi connectivity index (χ0v) is 17.9. The molecule has 7 heteroatoms. The molecule has 2 aliphatic rings. The molecule has 0 amide bonds. The third kappa shape index (κ3) is 5.46. The maximum atomic E-state index is 6.39. The Bertz CT molecular complexity index is 636. The molecular formula is C20H31ClN4OS. The molecule has 150 valence electrons. The van der Waals surface area contributed by atoms with Gasteiger partial charge in [-0.1, -0.05) is 23.7 Å². The lowest BCUT2D eigenvalue weighted by Crippen LogP contribution is -2.54. The van der Waals surface area contributed by atoms with Gasteiger partial charge in [-0.3, -0.25) is 4.99 Å². The van der Waals surface area contributed by atoms with E-state index in [1.165, 1.54) is 0 Å². The molecule has 0 bridgehead atoms. The Morgan fingerprint density at radius 1 is 1.37 bits per heavy atom. The molecule has 5 nitrogen and oxygen atoms in total. The van der Waals surface area contributed by atoms with E-state index in [0.717, 1.165) is 75.2 Å². The van der Waals surface area contributed by atoms with Gasteiger partial charge in [0.1, 0.15) is 0 Å². The van der Waals surface area contributed by atoms with Crippen molar-refractivity contribution in [1.29, 1.82) is 0 Å². The van der Waals surface area contributed by atoms with E-state index in [0.29, 0.717) is 6.04 Å². The van der Waals surface area contributed by atoms with Crippen LogP contribution in [0.4, 0.5) is 5.69 Å². The van der Waals surface area contributed by atoms with Gasteiger partial charge < -0.3 is 20.3 Å². The zero-order valence-electron chi connectivity index (χ0n) is 16.3. The molecule has 0 saturated carbocycles. The first-order chi connectivity index (χ1) is 13.2. The lowest BCUT2D eigenvalue weighted by Gasteiger charge is -2.38. The summed E-state index contributed by atoms with van der Waals surface area (Å²) >= 11 is 8.34. The average molecular weight is 411 g/mol. The molecule has 3 rings (SSSR count). The second-order valence-corrected chi connectivity index (χ2v) is 8.99. The zero-order chi connectivity index (χ0) is 19.1. The fraction of sp³-hybridized carbons (Fsp3) is 0.650. The number of nitrogens with one attached hydrogen (secondary N) is 2. The highest BCUT2D eigenvalue weighted by Gasteiger charge is 2.32. The van der Waals surface area contributed by atoms with Gasteiger partial charge in [-0.15, -0.1) is 0 Å². The van der Waals surface area contributed by atoms with Crippen LogP contribution in [0.5, 0.6) is 0 Å². The summed E-state index contributed by atoms with van der Waals surface area (Å²) in [5.74, 6) is 0.890. The standard InChI is InChI=1S/C20H31ClN4OS/c1-22-19(23-15-20(27-2)9-12-26-13-10-20)24-16-6-5-11-25(14-16)18-8-4-3-7-17(18)21/h3-4,7-8,16H,5-6,9-15H2,1-2H3,(H2,22,23,24). The highest BCUT2D eigenvalue weighted by molar-refractivity contribution is 8.00. The van der Waals surface area contributed by atoms with Crippen molar-refractivity contribution < 1.29 is 4.74 Å². The van der Waals surface area contributed by atoms with E-state index in [1.807, 2.05) is 30.9 Å². The summed E-state index contributed by atoms with van der Waals surface area (Å²) in [6.45, 7) is 4.60. The van der Waals surface area contributed by atoms with Crippen molar-refractivity contribution in [2.24, 2.45) is 4.99 Å². The summed E-state index contributed by atoms with van der Waals surface area (Å²) in [6.07, 6.45) is 6.66. The fourth-order valence-electron chi connectivity index (χ4n) is 3.85. The molecule has 0 aromatic heterocycles. The number of halogens is 1. The Morgan fingerprint density at radius 3 is 2.85 bits per heavy atom. The molecule has 2 N–H and O–H groups in total. The summed E-state index contributed by atoms with van der Waals surface area (Å²) in [4.78, 5) is 6.83. The van der Waals surface area contributed by atoms with E-state index >= 15 is 0 Å². The van der Waals surface area contributed by atoms with Crippen LogP contribution in [0.3, 0.4) is 0 Å². The van der Waals surface area contributed by atoms with Crippen molar-refractivity contribution in [2.45, 2.75) is 36.5 Å². The van der Waals surface area contributed by atoms with E-state index in [-0.39, 0.29) is 4.75 Å². The quantitative estimate of drug-likeness (QED) is 0.575. The molecule has 1 atom stereocenters. The lowest BCUT2D eigenvalue weighted by atomic mass is 9.99. The monoisotopic (exact) mass is 410 g/mol. The molecular weight excluding hydrogens is 380 g/mol. The number of para-hydroxylation sites is 1. The molecule has 1 aromatic rings. The first-order valence-electron chi connectivity index (χ1n) is 9.75. The number of thioether (sulfide) groups is 1. The molecule has 2 fully saturated rings. The molecule has 2 aliphatic heterocycles. The topological polar surface area (TPSA) is 48.9 Å². The highest BCUT2D eigenvalue weighted by atomic mass is 35.5. The molecule has 2 saturated heterocycles. The van der Waals surface area contributed by atoms with E-state index in [2.05, 4.69) is 38.9 Å². The van der Waals surface area contributed by atoms with E-state index in [4.69, 9.17) is 16.3 Å². The third-order valence-corrected chi connectivity index (χ3v) is 7.33. The minimum absolute atomic E-state index is 0.242. The molecule has 2 heterocycles. The van der Waals surface area contributed by atoms with Crippen LogP contribution < -0.4 is 15.5 Å². The Balaban J connectivity index is 1.55. The first-order valence-corrected chi connectivity index (χ1v) is 11.4. The smallest absolute Gasteiger partial charge is 0.191 e. The summed E-state index contributed by atoms with van der Waals surface area (Å²) < 4.78 is 5.78. The molecule has 0 radical (unpaired) electrons. The largest absolute Gasteiger partial charge is 0.381 e. The number of nitrogens with zero attached hydrogens (tertiary/aromatic N) is 2. The Hall–Kier alpha value is -1.11. The maximum absolute atomic E-state index is 6.39. The van der Waals surface area contributed by atoms with Gasteiger partial charge in [-0.05, 0) is 44.1 Å². The minimum Gasteiger partial charge on any atom is -0.381 e. The van der Waals surface area contributed by atoms with Crippen LogP contribution in [0.25, 0.3) is 0 Å². The van der Waals surface area contributed by atoms with Crippen molar-refractivity contribution >= 4 is 35.0 Å². The van der Waals surface area contributed by atoms with Gasteiger partial charge in [0.2, 0.25) is 0 Å². The van der Waals surface area contributed by atoms with Crippen LogP contribution in [0.15, 0.2) is 29.3 Å². The fourth-order valence-corrected chi connectivity index (χ4v) is 4.90. The number of rotatable bonds is 5. The SMILES string of the molecule is CN=C(NCC1(SC)CCOCC1)NC1CCCN(c2ccccc2Cl)C1. The average Bonchev–Trinajstić information content (AvgIpc) is 2.72. The van der Waals surface area contributed by atoms with Crippen molar-refractivity contribution in [1.82, 2.24) is 10.6 Å².